The van der Waals surface area contributed by atoms with Crippen molar-refractivity contribution < 1.29 is 23.9 Å². The van der Waals surface area contributed by atoms with Crippen LogP contribution in [0.4, 0.5) is 0 Å². The molecule has 0 spiro atoms. The Kier molecular flexibility index (Phi) is 8.11. The van der Waals surface area contributed by atoms with Gasteiger partial charge < -0.3 is 24.9 Å². The van der Waals surface area contributed by atoms with E-state index in [0.29, 0.717) is 22.2 Å². The number of nitrogens with zero attached hydrogens (tertiary/aromatic N) is 2. The van der Waals surface area contributed by atoms with Gasteiger partial charge in [-0.2, -0.15) is 0 Å². The summed E-state index contributed by atoms with van der Waals surface area (Å²) >= 11 is 5.82. The van der Waals surface area contributed by atoms with Crippen LogP contribution in [0, 0.1) is 0 Å². The van der Waals surface area contributed by atoms with E-state index in [1.54, 1.807) is 62.6 Å². The number of halogens is 1. The lowest BCUT2D eigenvalue weighted by molar-refractivity contribution is -0.149. The Bertz CT molecular complexity index is 836. The third kappa shape index (κ3) is 7.16. The average molecular weight is 406 g/mol. The summed E-state index contributed by atoms with van der Waals surface area (Å²) in [5, 5.41) is 7.95. The lowest BCUT2D eigenvalue weighted by atomic mass is 10.1. The Morgan fingerprint density at radius 3 is 2.29 bits per heavy atom. The van der Waals surface area contributed by atoms with Crippen molar-refractivity contribution in [1.29, 1.82) is 0 Å². The van der Waals surface area contributed by atoms with E-state index in [9.17, 15) is 4.79 Å². The minimum absolute atomic E-state index is 0.00925. The highest BCUT2D eigenvalue weighted by atomic mass is 35.5. The van der Waals surface area contributed by atoms with E-state index in [0.717, 1.165) is 5.56 Å². The van der Waals surface area contributed by atoms with Gasteiger partial charge in [0.2, 0.25) is 6.61 Å². The van der Waals surface area contributed by atoms with Crippen LogP contribution in [0.2, 0.25) is 5.02 Å². The summed E-state index contributed by atoms with van der Waals surface area (Å²) in [6.07, 6.45) is 0. The first kappa shape index (κ1) is 21.0. The molecule has 0 atom stereocenters. The molecule has 2 rings (SSSR count). The first-order chi connectivity index (χ1) is 13.5. The maximum absolute atomic E-state index is 11.6. The Morgan fingerprint density at radius 1 is 1.00 bits per heavy atom. The van der Waals surface area contributed by atoms with Crippen LogP contribution < -0.4 is 15.2 Å². The first-order valence-electron chi connectivity index (χ1n) is 8.19. The van der Waals surface area contributed by atoms with Gasteiger partial charge in [0.05, 0.1) is 12.8 Å². The van der Waals surface area contributed by atoms with Crippen LogP contribution in [-0.2, 0) is 14.5 Å². The highest BCUT2D eigenvalue weighted by Crippen LogP contribution is 2.16. The molecule has 0 aliphatic carbocycles. The smallest absolute Gasteiger partial charge is 0.374 e. The van der Waals surface area contributed by atoms with E-state index in [2.05, 4.69) is 15.1 Å². The molecule has 0 radical (unpaired) electrons. The lowest BCUT2D eigenvalue weighted by Crippen LogP contribution is -2.22. The van der Waals surface area contributed by atoms with E-state index in [-0.39, 0.29) is 12.4 Å². The maximum atomic E-state index is 11.6. The van der Waals surface area contributed by atoms with Crippen LogP contribution in [0.1, 0.15) is 12.5 Å². The highest BCUT2D eigenvalue weighted by Gasteiger charge is 2.05. The molecule has 0 aliphatic heterocycles. The second kappa shape index (κ2) is 10.8. The summed E-state index contributed by atoms with van der Waals surface area (Å²) in [5.74, 6) is 0.516. The molecule has 9 heteroatoms. The van der Waals surface area contributed by atoms with Gasteiger partial charge in [-0.1, -0.05) is 34.0 Å². The molecule has 148 valence electrons. The number of methoxy groups -OCH3 is 1. The van der Waals surface area contributed by atoms with Gasteiger partial charge in [-0.3, -0.25) is 0 Å². The normalized spacial score (nSPS) is 11.7. The Hall–Kier alpha value is -3.26. The molecule has 28 heavy (non-hydrogen) atoms. The van der Waals surface area contributed by atoms with Gasteiger partial charge in [0.1, 0.15) is 18.1 Å². The van der Waals surface area contributed by atoms with Crippen LogP contribution in [0.5, 0.6) is 11.5 Å². The van der Waals surface area contributed by atoms with Crippen molar-refractivity contribution in [3.05, 3.63) is 59.1 Å². The quantitative estimate of drug-likeness (QED) is 0.297. The predicted octanol–water partition coefficient (Wildman–Crippen LogP) is 2.98. The summed E-state index contributed by atoms with van der Waals surface area (Å²) in [4.78, 5) is 21.2. The molecule has 0 saturated carbocycles. The number of hydrogen-bond acceptors (Lipinski definition) is 7. The minimum atomic E-state index is -0.750. The number of amidine groups is 1. The molecule has 0 saturated heterocycles. The van der Waals surface area contributed by atoms with Gasteiger partial charge in [-0.25, -0.2) is 4.79 Å². The number of benzene rings is 2. The average Bonchev–Trinajstić information content (AvgIpc) is 2.71. The first-order valence-corrected chi connectivity index (χ1v) is 8.57. The van der Waals surface area contributed by atoms with Crippen molar-refractivity contribution in [2.75, 3.05) is 20.3 Å². The van der Waals surface area contributed by atoms with E-state index in [1.807, 2.05) is 0 Å². The summed E-state index contributed by atoms with van der Waals surface area (Å²) in [6, 6.07) is 14.0. The Labute approximate surface area is 167 Å². The standard InChI is InChI=1S/C19H20ClN3O5/c1-13(14-3-5-15(20)6-4-14)22-27-12-19(24)28-23-18(21)11-26-17-9-7-16(25-2)8-10-17/h3-10H,11-12H2,1-2H3,(H2,21,23)/b22-13-. The summed E-state index contributed by atoms with van der Waals surface area (Å²) < 4.78 is 10.5. The van der Waals surface area contributed by atoms with Crippen molar-refractivity contribution in [3.63, 3.8) is 0 Å². The SMILES string of the molecule is COc1ccc(OC/C(N)=N\OC(=O)CO/N=C(/C)c2ccc(Cl)cc2)cc1. The lowest BCUT2D eigenvalue weighted by Gasteiger charge is -2.06. The van der Waals surface area contributed by atoms with Gasteiger partial charge in [-0.05, 0) is 48.9 Å². The third-order valence-corrected chi connectivity index (χ3v) is 3.61. The van der Waals surface area contributed by atoms with E-state index in [1.165, 1.54) is 0 Å². The van der Waals surface area contributed by atoms with Crippen LogP contribution in [-0.4, -0.2) is 37.8 Å². The Balaban J connectivity index is 1.72. The predicted molar refractivity (Wildman–Crippen MR) is 106 cm³/mol. The maximum Gasteiger partial charge on any atom is 0.374 e. The molecule has 8 nitrogen and oxygen atoms in total. The number of hydrogen-bond donors (Lipinski definition) is 1. The molecule has 0 heterocycles. The summed E-state index contributed by atoms with van der Waals surface area (Å²) in [5.41, 5.74) is 7.03. The van der Waals surface area contributed by atoms with Gasteiger partial charge in [0.15, 0.2) is 5.84 Å². The Morgan fingerprint density at radius 2 is 1.64 bits per heavy atom. The van der Waals surface area contributed by atoms with Gasteiger partial charge in [-0.15, -0.1) is 0 Å². The number of nitrogens with two attached hydrogens (primary N) is 1. The monoisotopic (exact) mass is 405 g/mol. The molecule has 0 amide bonds. The van der Waals surface area contributed by atoms with Gasteiger partial charge >= 0.3 is 5.97 Å². The van der Waals surface area contributed by atoms with Crippen LogP contribution in [0.25, 0.3) is 0 Å². The largest absolute Gasteiger partial charge is 0.497 e. The second-order valence-corrected chi connectivity index (χ2v) is 5.90. The molecule has 0 bridgehead atoms. The fourth-order valence-electron chi connectivity index (χ4n) is 1.92. The van der Waals surface area contributed by atoms with Gasteiger partial charge in [0.25, 0.3) is 0 Å². The van der Waals surface area contributed by atoms with E-state index >= 15 is 0 Å². The summed E-state index contributed by atoms with van der Waals surface area (Å²) in [6.45, 7) is 1.27. The highest BCUT2D eigenvalue weighted by molar-refractivity contribution is 6.30. The van der Waals surface area contributed by atoms with Crippen molar-refractivity contribution in [1.82, 2.24) is 0 Å². The molecule has 0 fully saturated rings. The van der Waals surface area contributed by atoms with Crippen LogP contribution in [0.15, 0.2) is 58.8 Å². The van der Waals surface area contributed by atoms with Gasteiger partial charge in [0, 0.05) is 5.02 Å². The van der Waals surface area contributed by atoms with Crippen molar-refractivity contribution in [3.8, 4) is 11.5 Å². The van der Waals surface area contributed by atoms with E-state index in [4.69, 9.17) is 31.6 Å². The number of ether oxygens (including phenoxy) is 2. The zero-order valence-corrected chi connectivity index (χ0v) is 16.2. The van der Waals surface area contributed by atoms with E-state index < -0.39 is 12.6 Å². The zero-order chi connectivity index (χ0) is 20.4. The van der Waals surface area contributed by atoms with Crippen LogP contribution >= 0.6 is 11.6 Å². The van der Waals surface area contributed by atoms with Crippen molar-refractivity contribution in [2.45, 2.75) is 6.92 Å². The molecule has 0 aliphatic rings. The number of carbonyl (C=O) groups is 1. The molecule has 0 aromatic heterocycles. The molecule has 0 unspecified atom stereocenters. The van der Waals surface area contributed by atoms with Crippen molar-refractivity contribution in [2.24, 2.45) is 16.0 Å². The summed E-state index contributed by atoms with van der Waals surface area (Å²) in [7, 11) is 1.57. The van der Waals surface area contributed by atoms with Crippen molar-refractivity contribution >= 4 is 29.1 Å². The molecule has 2 N–H and O–H groups in total. The topological polar surface area (TPSA) is 105 Å². The van der Waals surface area contributed by atoms with Crippen LogP contribution in [0.3, 0.4) is 0 Å². The number of oxime groups is 2. The number of carbonyl (C=O) groups excluding carboxylic acids is 1. The second-order valence-electron chi connectivity index (χ2n) is 5.47. The fourth-order valence-corrected chi connectivity index (χ4v) is 2.04. The fraction of sp³-hybridized carbons (Fsp3) is 0.211. The zero-order valence-electron chi connectivity index (χ0n) is 15.4. The minimum Gasteiger partial charge on any atom is -0.497 e. The molecule has 2 aromatic carbocycles. The molecular formula is C19H20ClN3O5. The third-order valence-electron chi connectivity index (χ3n) is 3.36. The number of rotatable bonds is 9. The molecular weight excluding hydrogens is 386 g/mol. The molecule has 2 aromatic rings.